The molecule has 0 aromatic rings. The van der Waals surface area contributed by atoms with Crippen LogP contribution in [0.5, 0.6) is 0 Å². The second-order valence-corrected chi connectivity index (χ2v) is 2.46. The predicted molar refractivity (Wildman–Crippen MR) is 44.1 cm³/mol. The third-order valence-electron chi connectivity index (χ3n) is 1.15. The molecule has 0 fully saturated rings. The van der Waals surface area contributed by atoms with Gasteiger partial charge in [0.1, 0.15) is 0 Å². The predicted octanol–water partition coefficient (Wildman–Crippen LogP) is 1.01. The lowest BCUT2D eigenvalue weighted by Crippen LogP contribution is -2.01. The van der Waals surface area contributed by atoms with Crippen LogP contribution in [0.2, 0.25) is 0 Å². The number of esters is 1. The molecule has 0 aliphatic rings. The molecule has 0 aromatic heterocycles. The van der Waals surface area contributed by atoms with Crippen molar-refractivity contribution < 1.29 is 9.53 Å². The number of hydrogen-bond acceptors (Lipinski definition) is 3. The normalized spacial score (nSPS) is 10.1. The molecule has 0 rings (SSSR count). The minimum atomic E-state index is -0.159. The van der Waals surface area contributed by atoms with Gasteiger partial charge in [0, 0.05) is 20.5 Å². The van der Waals surface area contributed by atoms with Crippen molar-refractivity contribution in [3.05, 3.63) is 12.3 Å². The first-order chi connectivity index (χ1) is 5.16. The molecule has 11 heavy (non-hydrogen) atoms. The fourth-order valence-electron chi connectivity index (χ4n) is 0.589. The first kappa shape index (κ1) is 10.0. The Kier molecular flexibility index (Phi) is 5.25. The highest BCUT2D eigenvalue weighted by Crippen LogP contribution is 1.93. The van der Waals surface area contributed by atoms with E-state index in [0.29, 0.717) is 6.42 Å². The Balaban J connectivity index is 3.34. The Labute approximate surface area is 67.6 Å². The third-order valence-corrected chi connectivity index (χ3v) is 1.15. The van der Waals surface area contributed by atoms with Gasteiger partial charge in [-0.15, -0.1) is 0 Å². The van der Waals surface area contributed by atoms with Crippen LogP contribution in [0.1, 0.15) is 12.8 Å². The van der Waals surface area contributed by atoms with Crippen LogP contribution < -0.4 is 0 Å². The van der Waals surface area contributed by atoms with E-state index in [1.54, 1.807) is 0 Å². The van der Waals surface area contributed by atoms with Gasteiger partial charge in [-0.25, -0.2) is 0 Å². The second-order valence-electron chi connectivity index (χ2n) is 2.46. The highest BCUT2D eigenvalue weighted by Gasteiger charge is 1.95. The Bertz CT molecular complexity index is 141. The van der Waals surface area contributed by atoms with Crippen LogP contribution in [-0.4, -0.2) is 32.1 Å². The van der Waals surface area contributed by atoms with Crippen molar-refractivity contribution in [3.8, 4) is 0 Å². The fraction of sp³-hybridized carbons (Fsp3) is 0.625. The van der Waals surface area contributed by atoms with Crippen LogP contribution in [0.15, 0.2) is 12.3 Å². The van der Waals surface area contributed by atoms with E-state index >= 15 is 0 Å². The number of carbonyl (C=O) groups is 1. The lowest BCUT2D eigenvalue weighted by molar-refractivity contribution is -0.140. The van der Waals surface area contributed by atoms with Gasteiger partial charge in [0.05, 0.1) is 7.11 Å². The summed E-state index contributed by atoms with van der Waals surface area (Å²) in [4.78, 5) is 12.5. The number of allylic oxidation sites excluding steroid dienone is 1. The Hall–Kier alpha value is -0.990. The first-order valence-electron chi connectivity index (χ1n) is 3.56. The van der Waals surface area contributed by atoms with Crippen LogP contribution in [-0.2, 0) is 9.53 Å². The monoisotopic (exact) mass is 157 g/mol. The molecular formula is C8H15NO2. The average Bonchev–Trinajstić information content (AvgIpc) is 1.97. The van der Waals surface area contributed by atoms with Gasteiger partial charge in [-0.2, -0.15) is 0 Å². The summed E-state index contributed by atoms with van der Waals surface area (Å²) in [6, 6.07) is 0. The van der Waals surface area contributed by atoms with Gasteiger partial charge >= 0.3 is 5.97 Å². The molecule has 0 heterocycles. The molecule has 0 spiro atoms. The van der Waals surface area contributed by atoms with Crippen molar-refractivity contribution >= 4 is 5.97 Å². The van der Waals surface area contributed by atoms with Gasteiger partial charge in [0.2, 0.25) is 0 Å². The zero-order valence-electron chi connectivity index (χ0n) is 7.33. The Morgan fingerprint density at radius 1 is 1.55 bits per heavy atom. The number of nitrogens with zero attached hydrogens (tertiary/aromatic N) is 1. The topological polar surface area (TPSA) is 29.5 Å². The van der Waals surface area contributed by atoms with E-state index in [0.717, 1.165) is 6.42 Å². The molecule has 0 aliphatic heterocycles. The first-order valence-corrected chi connectivity index (χ1v) is 3.56. The Morgan fingerprint density at radius 2 is 2.18 bits per heavy atom. The zero-order valence-corrected chi connectivity index (χ0v) is 7.33. The Morgan fingerprint density at radius 3 is 2.64 bits per heavy atom. The average molecular weight is 157 g/mol. The molecule has 0 aliphatic carbocycles. The smallest absolute Gasteiger partial charge is 0.305 e. The van der Waals surface area contributed by atoms with Crippen molar-refractivity contribution in [1.29, 1.82) is 0 Å². The van der Waals surface area contributed by atoms with Crippen molar-refractivity contribution in [2.45, 2.75) is 12.8 Å². The van der Waals surface area contributed by atoms with Crippen molar-refractivity contribution in [3.63, 3.8) is 0 Å². The maximum atomic E-state index is 10.6. The molecule has 0 N–H and O–H groups in total. The summed E-state index contributed by atoms with van der Waals surface area (Å²) in [5.41, 5.74) is 0. The minimum Gasteiger partial charge on any atom is -0.469 e. The van der Waals surface area contributed by atoms with Crippen LogP contribution in [0.3, 0.4) is 0 Å². The summed E-state index contributed by atoms with van der Waals surface area (Å²) in [7, 11) is 5.28. The van der Waals surface area contributed by atoms with Gasteiger partial charge in [0.25, 0.3) is 0 Å². The highest BCUT2D eigenvalue weighted by molar-refractivity contribution is 5.69. The summed E-state index contributed by atoms with van der Waals surface area (Å²) in [6.07, 6.45) is 5.06. The maximum absolute atomic E-state index is 10.6. The van der Waals surface area contributed by atoms with Crippen LogP contribution in [0.4, 0.5) is 0 Å². The molecule has 0 saturated heterocycles. The van der Waals surface area contributed by atoms with E-state index in [2.05, 4.69) is 4.74 Å². The highest BCUT2D eigenvalue weighted by atomic mass is 16.5. The summed E-state index contributed by atoms with van der Waals surface area (Å²) in [5, 5.41) is 0. The molecule has 0 radical (unpaired) electrons. The molecule has 3 nitrogen and oxygen atoms in total. The third kappa shape index (κ3) is 6.90. The molecule has 0 unspecified atom stereocenters. The summed E-state index contributed by atoms with van der Waals surface area (Å²) >= 11 is 0. The molecule has 3 heteroatoms. The minimum absolute atomic E-state index is 0.159. The van der Waals surface area contributed by atoms with Crippen molar-refractivity contribution in [2.24, 2.45) is 0 Å². The number of hydrogen-bond donors (Lipinski definition) is 0. The van der Waals surface area contributed by atoms with E-state index < -0.39 is 0 Å². The lowest BCUT2D eigenvalue weighted by Gasteiger charge is -2.02. The number of rotatable bonds is 4. The van der Waals surface area contributed by atoms with Crippen molar-refractivity contribution in [2.75, 3.05) is 21.2 Å². The lowest BCUT2D eigenvalue weighted by atomic mass is 10.3. The van der Waals surface area contributed by atoms with E-state index in [9.17, 15) is 4.79 Å². The molecule has 0 bridgehead atoms. The zero-order chi connectivity index (χ0) is 8.69. The largest absolute Gasteiger partial charge is 0.469 e. The maximum Gasteiger partial charge on any atom is 0.305 e. The molecule has 0 saturated carbocycles. The van der Waals surface area contributed by atoms with E-state index in [4.69, 9.17) is 0 Å². The molecular weight excluding hydrogens is 142 g/mol. The molecule has 0 aromatic carbocycles. The van der Waals surface area contributed by atoms with Crippen LogP contribution >= 0.6 is 0 Å². The van der Waals surface area contributed by atoms with E-state index in [1.165, 1.54) is 7.11 Å². The molecule has 64 valence electrons. The van der Waals surface area contributed by atoms with E-state index in [-0.39, 0.29) is 5.97 Å². The summed E-state index contributed by atoms with van der Waals surface area (Å²) < 4.78 is 4.47. The SMILES string of the molecule is COC(=O)CCC=CN(C)C. The fourth-order valence-corrected chi connectivity index (χ4v) is 0.589. The standard InChI is InChI=1S/C8H15NO2/c1-9(2)7-5-4-6-8(10)11-3/h5,7H,4,6H2,1-3H3. The number of carbonyl (C=O) groups excluding carboxylic acids is 1. The van der Waals surface area contributed by atoms with Crippen molar-refractivity contribution in [1.82, 2.24) is 4.90 Å². The van der Waals surface area contributed by atoms with E-state index in [1.807, 2.05) is 31.3 Å². The van der Waals surface area contributed by atoms with Gasteiger partial charge in [-0.05, 0) is 12.6 Å². The summed E-state index contributed by atoms with van der Waals surface area (Å²) in [6.45, 7) is 0. The molecule has 0 atom stereocenters. The summed E-state index contributed by atoms with van der Waals surface area (Å²) in [5.74, 6) is -0.159. The van der Waals surface area contributed by atoms with Gasteiger partial charge in [-0.1, -0.05) is 6.08 Å². The van der Waals surface area contributed by atoms with Crippen LogP contribution in [0, 0.1) is 0 Å². The van der Waals surface area contributed by atoms with Crippen LogP contribution in [0.25, 0.3) is 0 Å². The second kappa shape index (κ2) is 5.77. The quantitative estimate of drug-likeness (QED) is 0.570. The number of methoxy groups -OCH3 is 1. The molecule has 0 amide bonds. The van der Waals surface area contributed by atoms with Gasteiger partial charge < -0.3 is 9.64 Å². The van der Waals surface area contributed by atoms with Gasteiger partial charge in [0.15, 0.2) is 0 Å². The number of ether oxygens (including phenoxy) is 1. The van der Waals surface area contributed by atoms with Gasteiger partial charge in [-0.3, -0.25) is 4.79 Å².